The molecule has 1 atom stereocenters. The Hall–Kier alpha value is -2.82. The number of amides is 2. The minimum atomic E-state index is -0.552. The van der Waals surface area contributed by atoms with Crippen molar-refractivity contribution in [1.82, 2.24) is 0 Å². The topological polar surface area (TPSA) is 58.6 Å². The molecule has 1 aliphatic rings. The lowest BCUT2D eigenvalue weighted by Crippen LogP contribution is -2.35. The molecule has 0 spiro atoms. The molecule has 2 amide bonds. The van der Waals surface area contributed by atoms with Gasteiger partial charge in [0.15, 0.2) is 0 Å². The Bertz CT molecular complexity index is 781. The third-order valence-electron chi connectivity index (χ3n) is 4.26. The molecule has 0 bridgehead atoms. The van der Waals surface area contributed by atoms with Gasteiger partial charge in [0.05, 0.1) is 19.2 Å². The molecule has 1 aliphatic heterocycles. The minimum Gasteiger partial charge on any atom is -0.497 e. The summed E-state index contributed by atoms with van der Waals surface area (Å²) >= 11 is 0. The van der Waals surface area contributed by atoms with E-state index in [2.05, 4.69) is 5.32 Å². The molecule has 3 rings (SSSR count). The molecule has 2 aromatic carbocycles. The van der Waals surface area contributed by atoms with Crippen LogP contribution < -0.4 is 15.0 Å². The number of para-hydroxylation sites is 1. The summed E-state index contributed by atoms with van der Waals surface area (Å²) in [5.74, 6) is 0.159. The average molecular weight is 324 g/mol. The second-order valence-corrected chi connectivity index (χ2v) is 5.94. The third-order valence-corrected chi connectivity index (χ3v) is 4.26. The van der Waals surface area contributed by atoms with Crippen LogP contribution in [-0.4, -0.2) is 25.0 Å². The lowest BCUT2D eigenvalue weighted by molar-refractivity contribution is -0.121. The van der Waals surface area contributed by atoms with E-state index in [1.54, 1.807) is 31.4 Å². The van der Waals surface area contributed by atoms with Crippen molar-refractivity contribution in [2.24, 2.45) is 0 Å². The van der Waals surface area contributed by atoms with Crippen LogP contribution in [0, 0.1) is 13.8 Å². The molecule has 5 heteroatoms. The van der Waals surface area contributed by atoms with Crippen LogP contribution >= 0.6 is 0 Å². The number of ether oxygens (including phenoxy) is 1. The van der Waals surface area contributed by atoms with E-state index in [0.717, 1.165) is 16.8 Å². The fourth-order valence-electron chi connectivity index (χ4n) is 2.98. The van der Waals surface area contributed by atoms with Gasteiger partial charge in [0.1, 0.15) is 11.8 Å². The summed E-state index contributed by atoms with van der Waals surface area (Å²) in [4.78, 5) is 26.4. The number of imide groups is 1. The van der Waals surface area contributed by atoms with E-state index in [0.29, 0.717) is 11.4 Å². The third kappa shape index (κ3) is 2.85. The number of nitrogens with zero attached hydrogens (tertiary/aromatic N) is 1. The normalized spacial score (nSPS) is 17.3. The predicted molar refractivity (Wildman–Crippen MR) is 93.4 cm³/mol. The fraction of sp³-hybridized carbons (Fsp3) is 0.263. The van der Waals surface area contributed by atoms with Gasteiger partial charge < -0.3 is 10.1 Å². The molecular formula is C19H20N2O3. The van der Waals surface area contributed by atoms with Crippen LogP contribution in [0.15, 0.2) is 42.5 Å². The van der Waals surface area contributed by atoms with E-state index in [-0.39, 0.29) is 18.2 Å². The van der Waals surface area contributed by atoms with Crippen LogP contribution in [0.1, 0.15) is 17.5 Å². The molecule has 124 valence electrons. The molecule has 24 heavy (non-hydrogen) atoms. The highest BCUT2D eigenvalue weighted by Crippen LogP contribution is 2.29. The van der Waals surface area contributed by atoms with Gasteiger partial charge in [-0.2, -0.15) is 0 Å². The largest absolute Gasteiger partial charge is 0.497 e. The van der Waals surface area contributed by atoms with Gasteiger partial charge in [-0.05, 0) is 37.1 Å². The number of methoxy groups -OCH3 is 1. The van der Waals surface area contributed by atoms with E-state index in [1.165, 1.54) is 4.90 Å². The number of nitrogens with one attached hydrogen (secondary N) is 1. The van der Waals surface area contributed by atoms with Gasteiger partial charge in [0.25, 0.3) is 5.91 Å². The first-order valence-electron chi connectivity index (χ1n) is 7.85. The lowest BCUT2D eigenvalue weighted by atomic mass is 10.1. The summed E-state index contributed by atoms with van der Waals surface area (Å²) in [5.41, 5.74) is 3.55. The molecule has 0 radical (unpaired) electrons. The second kappa shape index (κ2) is 6.35. The summed E-state index contributed by atoms with van der Waals surface area (Å²) < 4.78 is 5.17. The summed E-state index contributed by atoms with van der Waals surface area (Å²) in [5, 5.41) is 3.24. The predicted octanol–water partition coefficient (Wildman–Crippen LogP) is 3.06. The van der Waals surface area contributed by atoms with Crippen LogP contribution in [0.25, 0.3) is 0 Å². The number of anilines is 2. The monoisotopic (exact) mass is 324 g/mol. The Morgan fingerprint density at radius 1 is 1.08 bits per heavy atom. The number of aryl methyl sites for hydroxylation is 2. The Morgan fingerprint density at radius 3 is 2.42 bits per heavy atom. The zero-order valence-electron chi connectivity index (χ0n) is 14.0. The summed E-state index contributed by atoms with van der Waals surface area (Å²) in [6.45, 7) is 3.97. The maximum atomic E-state index is 12.7. The number of hydrogen-bond donors (Lipinski definition) is 1. The highest BCUT2D eigenvalue weighted by Gasteiger charge is 2.40. The fourth-order valence-corrected chi connectivity index (χ4v) is 2.98. The van der Waals surface area contributed by atoms with Gasteiger partial charge in [-0.3, -0.25) is 9.59 Å². The highest BCUT2D eigenvalue weighted by atomic mass is 16.5. The number of rotatable bonds is 4. The number of carbonyl (C=O) groups is 2. The van der Waals surface area contributed by atoms with E-state index in [4.69, 9.17) is 4.74 Å². The molecular weight excluding hydrogens is 304 g/mol. The molecule has 0 aromatic heterocycles. The van der Waals surface area contributed by atoms with Crippen LogP contribution in [0.4, 0.5) is 11.4 Å². The van der Waals surface area contributed by atoms with Crippen LogP contribution in [0.2, 0.25) is 0 Å². The molecule has 1 fully saturated rings. The number of hydrogen-bond acceptors (Lipinski definition) is 4. The maximum Gasteiger partial charge on any atom is 0.256 e. The Morgan fingerprint density at radius 2 is 1.75 bits per heavy atom. The van der Waals surface area contributed by atoms with Crippen molar-refractivity contribution >= 4 is 23.2 Å². The first-order valence-corrected chi connectivity index (χ1v) is 7.85. The van der Waals surface area contributed by atoms with E-state index < -0.39 is 6.04 Å². The van der Waals surface area contributed by atoms with Gasteiger partial charge in [-0.15, -0.1) is 0 Å². The molecule has 2 aromatic rings. The first-order chi connectivity index (χ1) is 11.5. The van der Waals surface area contributed by atoms with Crippen molar-refractivity contribution in [3.63, 3.8) is 0 Å². The zero-order chi connectivity index (χ0) is 17.3. The van der Waals surface area contributed by atoms with Crippen molar-refractivity contribution in [1.29, 1.82) is 0 Å². The number of benzene rings is 2. The van der Waals surface area contributed by atoms with Gasteiger partial charge in [0.2, 0.25) is 5.91 Å². The maximum absolute atomic E-state index is 12.7. The summed E-state index contributed by atoms with van der Waals surface area (Å²) in [6, 6.07) is 12.4. The second-order valence-electron chi connectivity index (χ2n) is 5.94. The zero-order valence-corrected chi connectivity index (χ0v) is 14.0. The van der Waals surface area contributed by atoms with Crippen molar-refractivity contribution in [2.45, 2.75) is 26.3 Å². The number of carbonyl (C=O) groups excluding carboxylic acids is 2. The smallest absolute Gasteiger partial charge is 0.256 e. The van der Waals surface area contributed by atoms with Gasteiger partial charge >= 0.3 is 0 Å². The highest BCUT2D eigenvalue weighted by molar-refractivity contribution is 6.23. The van der Waals surface area contributed by atoms with Crippen LogP contribution in [0.3, 0.4) is 0 Å². The Labute approximate surface area is 141 Å². The SMILES string of the molecule is COc1cccc(N2C(=O)CC(Nc3c(C)cccc3C)C2=O)c1. The first kappa shape index (κ1) is 16.1. The molecule has 0 aliphatic carbocycles. The molecule has 1 heterocycles. The van der Waals surface area contributed by atoms with Gasteiger partial charge in [-0.25, -0.2) is 4.90 Å². The molecule has 1 unspecified atom stereocenters. The van der Waals surface area contributed by atoms with Crippen molar-refractivity contribution in [2.75, 3.05) is 17.3 Å². The van der Waals surface area contributed by atoms with Gasteiger partial charge in [0, 0.05) is 11.8 Å². The molecule has 1 saturated heterocycles. The minimum absolute atomic E-state index is 0.143. The van der Waals surface area contributed by atoms with E-state index in [9.17, 15) is 9.59 Å². The quantitative estimate of drug-likeness (QED) is 0.878. The van der Waals surface area contributed by atoms with Crippen molar-refractivity contribution in [3.05, 3.63) is 53.6 Å². The van der Waals surface area contributed by atoms with Crippen LogP contribution in [0.5, 0.6) is 5.75 Å². The Kier molecular flexibility index (Phi) is 4.25. The lowest BCUT2D eigenvalue weighted by Gasteiger charge is -2.18. The van der Waals surface area contributed by atoms with Gasteiger partial charge in [-0.1, -0.05) is 24.3 Å². The summed E-state index contributed by atoms with van der Waals surface area (Å²) in [7, 11) is 1.55. The Balaban J connectivity index is 1.86. The van der Waals surface area contributed by atoms with Crippen LogP contribution in [-0.2, 0) is 9.59 Å². The molecule has 0 saturated carbocycles. The average Bonchev–Trinajstić information content (AvgIpc) is 2.85. The summed E-state index contributed by atoms with van der Waals surface area (Å²) in [6.07, 6.45) is 0.143. The van der Waals surface area contributed by atoms with E-state index in [1.807, 2.05) is 32.0 Å². The molecule has 5 nitrogen and oxygen atoms in total. The van der Waals surface area contributed by atoms with Crippen molar-refractivity contribution < 1.29 is 14.3 Å². The molecule has 1 N–H and O–H groups in total. The van der Waals surface area contributed by atoms with Crippen molar-refractivity contribution in [3.8, 4) is 5.75 Å². The standard InChI is InChI=1S/C19H20N2O3/c1-12-6-4-7-13(2)18(12)20-16-11-17(22)21(19(16)23)14-8-5-9-15(10-14)24-3/h4-10,16,20H,11H2,1-3H3. The van der Waals surface area contributed by atoms with E-state index >= 15 is 0 Å².